The number of nitrogens with one attached hydrogen (secondary N) is 1. The topological polar surface area (TPSA) is 44.8 Å². The van der Waals surface area contributed by atoms with Gasteiger partial charge in [0.1, 0.15) is 5.75 Å². The molecule has 1 atom stereocenters. The summed E-state index contributed by atoms with van der Waals surface area (Å²) in [5.74, 6) is 0.887. The molecule has 0 radical (unpaired) electrons. The highest BCUT2D eigenvalue weighted by Crippen LogP contribution is 2.21. The van der Waals surface area contributed by atoms with Gasteiger partial charge in [0.2, 0.25) is 0 Å². The quantitative estimate of drug-likeness (QED) is 0.925. The summed E-state index contributed by atoms with van der Waals surface area (Å²) >= 11 is 0. The molecule has 1 N–H and O–H groups in total. The van der Waals surface area contributed by atoms with Crippen LogP contribution in [0, 0.1) is 0 Å². The molecule has 1 unspecified atom stereocenters. The monoisotopic (exact) mass is 317 g/mol. The van der Waals surface area contributed by atoms with Crippen LogP contribution in [0.2, 0.25) is 0 Å². The first-order valence-corrected chi connectivity index (χ1v) is 8.66. The number of ether oxygens (including phenoxy) is 1. The Morgan fingerprint density at radius 2 is 2.13 bits per heavy atom. The van der Waals surface area contributed by atoms with Crippen LogP contribution in [0.15, 0.2) is 24.3 Å². The summed E-state index contributed by atoms with van der Waals surface area (Å²) in [4.78, 5) is 16.9. The Kier molecular flexibility index (Phi) is 5.39. The van der Waals surface area contributed by atoms with Crippen LogP contribution in [0.1, 0.15) is 24.8 Å². The van der Waals surface area contributed by atoms with Crippen LogP contribution in [-0.2, 0) is 6.42 Å². The van der Waals surface area contributed by atoms with Crippen LogP contribution < -0.4 is 10.1 Å². The molecule has 1 aromatic carbocycles. The van der Waals surface area contributed by atoms with Crippen molar-refractivity contribution in [3.05, 3.63) is 29.8 Å². The fourth-order valence-electron chi connectivity index (χ4n) is 3.67. The third-order valence-corrected chi connectivity index (χ3v) is 4.99. The Hall–Kier alpha value is -1.75. The van der Waals surface area contributed by atoms with Crippen molar-refractivity contribution >= 4 is 6.03 Å². The van der Waals surface area contributed by atoms with Gasteiger partial charge in [-0.1, -0.05) is 24.6 Å². The second kappa shape index (κ2) is 7.68. The molecule has 1 aromatic rings. The summed E-state index contributed by atoms with van der Waals surface area (Å²) in [5, 5.41) is 3.06. The Morgan fingerprint density at radius 3 is 3.00 bits per heavy atom. The van der Waals surface area contributed by atoms with E-state index >= 15 is 0 Å². The van der Waals surface area contributed by atoms with E-state index in [0.29, 0.717) is 12.6 Å². The van der Waals surface area contributed by atoms with Gasteiger partial charge in [-0.25, -0.2) is 4.79 Å². The molecule has 126 valence electrons. The number of benzene rings is 1. The van der Waals surface area contributed by atoms with Crippen molar-refractivity contribution in [2.24, 2.45) is 0 Å². The second-order valence-corrected chi connectivity index (χ2v) is 6.43. The molecule has 2 amide bonds. The maximum absolute atomic E-state index is 12.4. The molecule has 0 bridgehead atoms. The lowest BCUT2D eigenvalue weighted by molar-refractivity contribution is 0.0644. The molecule has 5 heteroatoms. The number of piperidine rings is 1. The predicted octanol–water partition coefficient (Wildman–Crippen LogP) is 2.12. The van der Waals surface area contributed by atoms with Gasteiger partial charge in [0.25, 0.3) is 0 Å². The van der Waals surface area contributed by atoms with Gasteiger partial charge < -0.3 is 15.0 Å². The zero-order valence-corrected chi connectivity index (χ0v) is 14.0. The second-order valence-electron chi connectivity index (χ2n) is 6.43. The number of nitrogens with zero attached hydrogens (tertiary/aromatic N) is 2. The SMILES string of the molecule is COc1ccccc1CCNC(=O)N1CCN2CCCCC2C1. The van der Waals surface area contributed by atoms with Crippen molar-refractivity contribution in [3.8, 4) is 5.75 Å². The smallest absolute Gasteiger partial charge is 0.317 e. The minimum Gasteiger partial charge on any atom is -0.496 e. The molecule has 2 aliphatic heterocycles. The fourth-order valence-corrected chi connectivity index (χ4v) is 3.67. The molecule has 0 aliphatic carbocycles. The van der Waals surface area contributed by atoms with Crippen molar-refractivity contribution in [3.63, 3.8) is 0 Å². The van der Waals surface area contributed by atoms with Crippen molar-refractivity contribution < 1.29 is 9.53 Å². The molecule has 2 heterocycles. The first kappa shape index (κ1) is 16.1. The number of hydrogen-bond donors (Lipinski definition) is 1. The summed E-state index contributed by atoms with van der Waals surface area (Å²) in [6, 6.07) is 8.61. The first-order chi connectivity index (χ1) is 11.3. The number of rotatable bonds is 4. The molecule has 0 spiro atoms. The van der Waals surface area contributed by atoms with Crippen molar-refractivity contribution in [1.29, 1.82) is 0 Å². The van der Waals surface area contributed by atoms with E-state index in [-0.39, 0.29) is 6.03 Å². The molecule has 0 saturated carbocycles. The predicted molar refractivity (Wildman–Crippen MR) is 90.9 cm³/mol. The largest absolute Gasteiger partial charge is 0.496 e. The molecule has 3 rings (SSSR count). The number of carbonyl (C=O) groups is 1. The van der Waals surface area contributed by atoms with E-state index in [1.807, 2.05) is 29.2 Å². The number of fused-ring (bicyclic) bond motifs is 1. The summed E-state index contributed by atoms with van der Waals surface area (Å²) in [5.41, 5.74) is 1.13. The van der Waals surface area contributed by atoms with Gasteiger partial charge in [0.15, 0.2) is 0 Å². The number of para-hydroxylation sites is 1. The third-order valence-electron chi connectivity index (χ3n) is 4.99. The third kappa shape index (κ3) is 3.96. The highest BCUT2D eigenvalue weighted by Gasteiger charge is 2.30. The summed E-state index contributed by atoms with van der Waals surface area (Å²) in [6.45, 7) is 4.58. The van der Waals surface area contributed by atoms with Crippen LogP contribution in [0.25, 0.3) is 0 Å². The molecular formula is C18H27N3O2. The first-order valence-electron chi connectivity index (χ1n) is 8.66. The fraction of sp³-hybridized carbons (Fsp3) is 0.611. The summed E-state index contributed by atoms with van der Waals surface area (Å²) < 4.78 is 5.35. The van der Waals surface area contributed by atoms with Crippen LogP contribution in [-0.4, -0.2) is 61.7 Å². The van der Waals surface area contributed by atoms with Gasteiger partial charge >= 0.3 is 6.03 Å². The van der Waals surface area contributed by atoms with E-state index in [1.165, 1.54) is 25.8 Å². The van der Waals surface area contributed by atoms with Crippen LogP contribution >= 0.6 is 0 Å². The highest BCUT2D eigenvalue weighted by molar-refractivity contribution is 5.74. The van der Waals surface area contributed by atoms with Crippen LogP contribution in [0.4, 0.5) is 4.79 Å². The highest BCUT2D eigenvalue weighted by atomic mass is 16.5. The van der Waals surface area contributed by atoms with E-state index in [0.717, 1.165) is 37.4 Å². The van der Waals surface area contributed by atoms with Crippen molar-refractivity contribution in [2.75, 3.05) is 39.8 Å². The van der Waals surface area contributed by atoms with Gasteiger partial charge in [0, 0.05) is 32.2 Å². The number of methoxy groups -OCH3 is 1. The molecule has 23 heavy (non-hydrogen) atoms. The number of urea groups is 1. The van der Waals surface area contributed by atoms with Crippen LogP contribution in [0.5, 0.6) is 5.75 Å². The molecule has 5 nitrogen and oxygen atoms in total. The zero-order valence-electron chi connectivity index (χ0n) is 14.0. The molecule has 2 fully saturated rings. The van der Waals surface area contributed by atoms with E-state index in [1.54, 1.807) is 7.11 Å². The molecule has 2 saturated heterocycles. The number of amides is 2. The van der Waals surface area contributed by atoms with E-state index < -0.39 is 0 Å². The van der Waals surface area contributed by atoms with Crippen LogP contribution in [0.3, 0.4) is 0 Å². The summed E-state index contributed by atoms with van der Waals surface area (Å²) in [6.07, 6.45) is 4.62. The normalized spacial score (nSPS) is 21.6. The van der Waals surface area contributed by atoms with Gasteiger partial charge in [-0.15, -0.1) is 0 Å². The average molecular weight is 317 g/mol. The minimum atomic E-state index is 0.0742. The number of piperazine rings is 1. The van der Waals surface area contributed by atoms with Gasteiger partial charge in [0.05, 0.1) is 7.11 Å². The Labute approximate surface area is 138 Å². The Bertz CT molecular complexity index is 535. The number of hydrogen-bond acceptors (Lipinski definition) is 3. The summed E-state index contributed by atoms with van der Waals surface area (Å²) in [7, 11) is 1.68. The van der Waals surface area contributed by atoms with E-state index in [4.69, 9.17) is 4.74 Å². The molecule has 0 aromatic heterocycles. The maximum atomic E-state index is 12.4. The maximum Gasteiger partial charge on any atom is 0.317 e. The molecular weight excluding hydrogens is 290 g/mol. The standard InChI is InChI=1S/C18H27N3O2/c1-23-17-8-3-2-6-15(17)9-10-19-18(22)21-13-12-20-11-5-4-7-16(20)14-21/h2-3,6,8,16H,4-5,7,9-14H2,1H3,(H,19,22). The van der Waals surface area contributed by atoms with E-state index in [9.17, 15) is 4.79 Å². The lowest BCUT2D eigenvalue weighted by Crippen LogP contribution is -2.58. The van der Waals surface area contributed by atoms with E-state index in [2.05, 4.69) is 10.2 Å². The van der Waals surface area contributed by atoms with Crippen molar-refractivity contribution in [1.82, 2.24) is 15.1 Å². The van der Waals surface area contributed by atoms with Gasteiger partial charge in [-0.05, 0) is 37.4 Å². The Balaban J connectivity index is 1.46. The molecule has 2 aliphatic rings. The van der Waals surface area contributed by atoms with Gasteiger partial charge in [-0.3, -0.25) is 4.90 Å². The minimum absolute atomic E-state index is 0.0742. The Morgan fingerprint density at radius 1 is 1.26 bits per heavy atom. The lowest BCUT2D eigenvalue weighted by atomic mass is 10.00. The zero-order chi connectivity index (χ0) is 16.1. The van der Waals surface area contributed by atoms with Gasteiger partial charge in [-0.2, -0.15) is 0 Å². The van der Waals surface area contributed by atoms with Crippen molar-refractivity contribution in [2.45, 2.75) is 31.7 Å². The average Bonchev–Trinajstić information content (AvgIpc) is 2.61. The lowest BCUT2D eigenvalue weighted by Gasteiger charge is -2.43. The number of carbonyl (C=O) groups excluding carboxylic acids is 1.